The number of fused-ring (bicyclic) bond motifs is 1. The highest BCUT2D eigenvalue weighted by Gasteiger charge is 2.63. The molecule has 1 amide bonds. The van der Waals surface area contributed by atoms with Crippen LogP contribution in [0.2, 0.25) is 0 Å². The minimum absolute atomic E-state index is 0.00875. The van der Waals surface area contributed by atoms with Crippen molar-refractivity contribution >= 4 is 11.9 Å². The quantitative estimate of drug-likeness (QED) is 0.692. The average Bonchev–Trinajstić information content (AvgIpc) is 2.83. The summed E-state index contributed by atoms with van der Waals surface area (Å²) in [7, 11) is 0. The number of carboxylic acid groups (broad SMARTS) is 1. The van der Waals surface area contributed by atoms with Crippen molar-refractivity contribution in [1.29, 1.82) is 0 Å². The predicted molar refractivity (Wildman–Crippen MR) is 67.9 cm³/mol. The van der Waals surface area contributed by atoms with E-state index in [0.717, 1.165) is 4.90 Å². The van der Waals surface area contributed by atoms with E-state index in [2.05, 4.69) is 0 Å². The second-order valence-corrected chi connectivity index (χ2v) is 5.69. The lowest BCUT2D eigenvalue weighted by Gasteiger charge is -2.45. The number of carbonyl (C=O) groups excluding carboxylic acids is 1. The number of carboxylic acids is 1. The molecule has 3 aliphatic heterocycles. The van der Waals surface area contributed by atoms with Crippen molar-refractivity contribution in [3.05, 3.63) is 11.4 Å². The van der Waals surface area contributed by atoms with Crippen LogP contribution in [0.15, 0.2) is 11.4 Å². The van der Waals surface area contributed by atoms with Gasteiger partial charge in [-0.3, -0.25) is 9.69 Å². The lowest BCUT2D eigenvalue weighted by atomic mass is 9.82. The summed E-state index contributed by atoms with van der Waals surface area (Å²) in [5.74, 6) is -4.01. The van der Waals surface area contributed by atoms with Gasteiger partial charge in [-0.1, -0.05) is 0 Å². The molecule has 3 heterocycles. The summed E-state index contributed by atoms with van der Waals surface area (Å²) in [6, 6.07) is -0.969. The number of hydrogen-bond donors (Lipinski definition) is 2. The normalized spacial score (nSPS) is 29.5. The molecule has 128 valence electrons. The van der Waals surface area contributed by atoms with Crippen molar-refractivity contribution in [1.82, 2.24) is 9.80 Å². The van der Waals surface area contributed by atoms with E-state index in [1.54, 1.807) is 4.90 Å². The molecular formula is C13H15F3N2O5. The topological polar surface area (TPSA) is 90.3 Å². The standard InChI is InChI=1S/C13H15F3N2O5/c14-13(15,16)10(19)8-6-5-7(17-1-3-23-4-2-17)9(12(21)22)18(6)11(8)20/h6,8,10,19H,1-5H2,(H,21,22). The zero-order valence-corrected chi connectivity index (χ0v) is 11.9. The third-order valence-electron chi connectivity index (χ3n) is 4.46. The molecule has 0 aromatic heterocycles. The number of hydrogen-bond acceptors (Lipinski definition) is 5. The average molecular weight is 336 g/mol. The maximum absolute atomic E-state index is 12.7. The van der Waals surface area contributed by atoms with E-state index in [0.29, 0.717) is 32.0 Å². The van der Waals surface area contributed by atoms with Crippen LogP contribution in [0.25, 0.3) is 0 Å². The summed E-state index contributed by atoms with van der Waals surface area (Å²) in [4.78, 5) is 26.1. The molecule has 3 atom stereocenters. The number of nitrogens with zero attached hydrogens (tertiary/aromatic N) is 2. The van der Waals surface area contributed by atoms with Gasteiger partial charge < -0.3 is 19.8 Å². The van der Waals surface area contributed by atoms with Crippen molar-refractivity contribution in [2.45, 2.75) is 24.7 Å². The number of alkyl halides is 3. The summed E-state index contributed by atoms with van der Waals surface area (Å²) in [5.41, 5.74) is 0.0450. The molecule has 3 rings (SSSR count). The van der Waals surface area contributed by atoms with Crippen molar-refractivity contribution in [2.24, 2.45) is 5.92 Å². The van der Waals surface area contributed by atoms with Gasteiger partial charge in [-0.25, -0.2) is 4.79 Å². The van der Waals surface area contributed by atoms with E-state index in [9.17, 15) is 33.0 Å². The lowest BCUT2D eigenvalue weighted by Crippen LogP contribution is -2.64. The number of aliphatic hydroxyl groups is 1. The van der Waals surface area contributed by atoms with E-state index in [-0.39, 0.29) is 12.1 Å². The van der Waals surface area contributed by atoms with Gasteiger partial charge in [-0.05, 0) is 0 Å². The van der Waals surface area contributed by atoms with Crippen LogP contribution in [0, 0.1) is 5.92 Å². The van der Waals surface area contributed by atoms with Gasteiger partial charge in [0.05, 0.1) is 25.2 Å². The molecule has 0 bridgehead atoms. The van der Waals surface area contributed by atoms with Gasteiger partial charge in [0.25, 0.3) is 0 Å². The van der Waals surface area contributed by atoms with Crippen molar-refractivity contribution < 1.29 is 37.7 Å². The minimum atomic E-state index is -4.92. The fraction of sp³-hybridized carbons (Fsp3) is 0.692. The Morgan fingerprint density at radius 3 is 2.43 bits per heavy atom. The van der Waals surface area contributed by atoms with Gasteiger partial charge in [0.2, 0.25) is 5.91 Å². The zero-order valence-electron chi connectivity index (χ0n) is 11.9. The summed E-state index contributed by atoms with van der Waals surface area (Å²) in [6.45, 7) is 1.58. The summed E-state index contributed by atoms with van der Waals surface area (Å²) < 4.78 is 43.2. The lowest BCUT2D eigenvalue weighted by molar-refractivity contribution is -0.236. The van der Waals surface area contributed by atoms with Gasteiger partial charge in [0, 0.05) is 25.2 Å². The number of amides is 1. The molecule has 2 fully saturated rings. The molecule has 10 heteroatoms. The molecule has 23 heavy (non-hydrogen) atoms. The van der Waals surface area contributed by atoms with Crippen molar-refractivity contribution in [2.75, 3.05) is 26.3 Å². The molecule has 3 aliphatic rings. The van der Waals surface area contributed by atoms with Crippen LogP contribution in [0.5, 0.6) is 0 Å². The number of halogens is 3. The Morgan fingerprint density at radius 1 is 1.30 bits per heavy atom. The van der Waals surface area contributed by atoms with Crippen LogP contribution in [-0.2, 0) is 14.3 Å². The highest BCUT2D eigenvalue weighted by atomic mass is 19.4. The fourth-order valence-corrected chi connectivity index (χ4v) is 3.38. The van der Waals surface area contributed by atoms with Gasteiger partial charge in [-0.2, -0.15) is 13.2 Å². The summed E-state index contributed by atoms with van der Waals surface area (Å²) in [6.07, 6.45) is -7.71. The summed E-state index contributed by atoms with van der Waals surface area (Å²) >= 11 is 0. The van der Waals surface area contributed by atoms with E-state index in [4.69, 9.17) is 4.74 Å². The Hall–Kier alpha value is -1.81. The highest BCUT2D eigenvalue weighted by Crippen LogP contribution is 2.47. The van der Waals surface area contributed by atoms with Crippen LogP contribution < -0.4 is 0 Å². The first-order valence-electron chi connectivity index (χ1n) is 7.10. The fourth-order valence-electron chi connectivity index (χ4n) is 3.38. The minimum Gasteiger partial charge on any atom is -0.477 e. The van der Waals surface area contributed by atoms with E-state index in [1.807, 2.05) is 0 Å². The number of ether oxygens (including phenoxy) is 1. The number of rotatable bonds is 3. The third-order valence-corrected chi connectivity index (χ3v) is 4.46. The first kappa shape index (κ1) is 16.1. The number of carbonyl (C=O) groups is 2. The second-order valence-electron chi connectivity index (χ2n) is 5.69. The molecule has 0 saturated carbocycles. The van der Waals surface area contributed by atoms with Crippen molar-refractivity contribution in [3.63, 3.8) is 0 Å². The van der Waals surface area contributed by atoms with E-state index < -0.39 is 36.1 Å². The number of morpholine rings is 1. The van der Waals surface area contributed by atoms with Gasteiger partial charge in [0.1, 0.15) is 5.70 Å². The number of aliphatic carboxylic acids is 1. The Balaban J connectivity index is 1.86. The highest BCUT2D eigenvalue weighted by molar-refractivity contribution is 5.99. The number of β-lactam (4-membered cyclic amide) rings is 1. The monoisotopic (exact) mass is 336 g/mol. The Kier molecular flexibility index (Phi) is 3.75. The Bertz CT molecular complexity index is 570. The largest absolute Gasteiger partial charge is 0.477 e. The molecule has 2 N–H and O–H groups in total. The Labute approximate surface area is 128 Å². The van der Waals surface area contributed by atoms with Crippen LogP contribution >= 0.6 is 0 Å². The molecule has 0 aromatic rings. The maximum atomic E-state index is 12.7. The zero-order chi connectivity index (χ0) is 16.9. The SMILES string of the molecule is O=C(O)C1=C(N2CCOCC2)CC2C(C(O)C(F)(F)F)C(=O)N12. The summed E-state index contributed by atoms with van der Waals surface area (Å²) in [5, 5.41) is 18.7. The second kappa shape index (κ2) is 5.38. The Morgan fingerprint density at radius 2 is 1.91 bits per heavy atom. The number of aliphatic hydroxyl groups excluding tert-OH is 1. The predicted octanol–water partition coefficient (Wildman–Crippen LogP) is -0.231. The molecular weight excluding hydrogens is 321 g/mol. The molecule has 0 aromatic carbocycles. The van der Waals surface area contributed by atoms with Crippen LogP contribution in [-0.4, -0.2) is 76.5 Å². The van der Waals surface area contributed by atoms with Crippen LogP contribution in [0.1, 0.15) is 6.42 Å². The van der Waals surface area contributed by atoms with E-state index in [1.165, 1.54) is 0 Å². The molecule has 0 spiro atoms. The van der Waals surface area contributed by atoms with Crippen molar-refractivity contribution in [3.8, 4) is 0 Å². The van der Waals surface area contributed by atoms with Gasteiger partial charge in [-0.15, -0.1) is 0 Å². The third kappa shape index (κ3) is 2.45. The van der Waals surface area contributed by atoms with Gasteiger partial charge in [0.15, 0.2) is 6.10 Å². The molecule has 3 unspecified atom stereocenters. The molecule has 0 radical (unpaired) electrons. The maximum Gasteiger partial charge on any atom is 0.415 e. The molecule has 2 saturated heterocycles. The van der Waals surface area contributed by atoms with Crippen LogP contribution in [0.3, 0.4) is 0 Å². The van der Waals surface area contributed by atoms with E-state index >= 15 is 0 Å². The first-order valence-corrected chi connectivity index (χ1v) is 7.10. The smallest absolute Gasteiger partial charge is 0.415 e. The van der Waals surface area contributed by atoms with Gasteiger partial charge >= 0.3 is 12.1 Å². The van der Waals surface area contributed by atoms with Crippen LogP contribution in [0.4, 0.5) is 13.2 Å². The molecule has 0 aliphatic carbocycles. The first-order chi connectivity index (χ1) is 10.7. The molecule has 7 nitrogen and oxygen atoms in total.